The first-order chi connectivity index (χ1) is 13.3. The summed E-state index contributed by atoms with van der Waals surface area (Å²) in [5.41, 5.74) is 6.71. The average Bonchev–Trinajstić information content (AvgIpc) is 3.07. The fraction of sp³-hybridized carbons (Fsp3) is 0.273. The average molecular weight is 379 g/mol. The maximum Gasteiger partial charge on any atom is 0.276 e. The third kappa shape index (κ3) is 4.71. The van der Waals surface area contributed by atoms with Crippen molar-refractivity contribution in [3.8, 4) is 5.75 Å². The Balaban J connectivity index is 1.50. The van der Waals surface area contributed by atoms with Gasteiger partial charge in [0, 0.05) is 11.7 Å². The topological polar surface area (TPSA) is 72.4 Å². The lowest BCUT2D eigenvalue weighted by molar-refractivity contribution is -0.130. The molecule has 6 heteroatoms. The van der Waals surface area contributed by atoms with E-state index >= 15 is 0 Å². The van der Waals surface area contributed by atoms with E-state index in [-0.39, 0.29) is 24.5 Å². The molecule has 6 nitrogen and oxygen atoms in total. The van der Waals surface area contributed by atoms with Crippen molar-refractivity contribution in [1.82, 2.24) is 15.4 Å². The van der Waals surface area contributed by atoms with Crippen LogP contribution in [0.3, 0.4) is 0 Å². The number of hydrogen-bond acceptors (Lipinski definition) is 3. The van der Waals surface area contributed by atoms with Crippen molar-refractivity contribution >= 4 is 22.7 Å². The van der Waals surface area contributed by atoms with Crippen LogP contribution < -0.4 is 15.6 Å². The highest BCUT2D eigenvalue weighted by Gasteiger charge is 2.19. The molecule has 0 atom stereocenters. The molecule has 3 aromatic rings. The number of fused-ring (bicyclic) bond motifs is 1. The van der Waals surface area contributed by atoms with Crippen LogP contribution >= 0.6 is 0 Å². The molecule has 0 aliphatic rings. The number of carbonyl (C=O) groups is 2. The van der Waals surface area contributed by atoms with Gasteiger partial charge < -0.3 is 9.30 Å². The minimum absolute atomic E-state index is 0.0964. The Hall–Kier alpha value is -3.28. The number of carbonyl (C=O) groups excluding carboxylic acids is 2. The van der Waals surface area contributed by atoms with E-state index in [1.165, 1.54) is 0 Å². The van der Waals surface area contributed by atoms with Crippen LogP contribution in [-0.2, 0) is 21.5 Å². The van der Waals surface area contributed by atoms with Crippen molar-refractivity contribution in [2.75, 3.05) is 6.61 Å². The summed E-state index contributed by atoms with van der Waals surface area (Å²) >= 11 is 0. The van der Waals surface area contributed by atoms with E-state index in [2.05, 4.69) is 31.6 Å². The van der Waals surface area contributed by atoms with Crippen molar-refractivity contribution in [2.24, 2.45) is 0 Å². The van der Waals surface area contributed by atoms with Gasteiger partial charge in [-0.25, -0.2) is 0 Å². The summed E-state index contributed by atoms with van der Waals surface area (Å²) < 4.78 is 7.48. The first-order valence-electron chi connectivity index (χ1n) is 9.18. The molecule has 0 spiro atoms. The summed E-state index contributed by atoms with van der Waals surface area (Å²) in [6.45, 7) is 6.18. The van der Waals surface area contributed by atoms with Crippen LogP contribution in [0.5, 0.6) is 5.75 Å². The molecule has 28 heavy (non-hydrogen) atoms. The number of aromatic nitrogens is 1. The van der Waals surface area contributed by atoms with Crippen LogP contribution in [0.1, 0.15) is 26.3 Å². The Kier molecular flexibility index (Phi) is 5.68. The molecule has 3 rings (SSSR count). The number of hydrazine groups is 1. The van der Waals surface area contributed by atoms with Gasteiger partial charge in [0.25, 0.3) is 11.8 Å². The standard InChI is InChI=1S/C22H25N3O3/c1-22(2,3)17-9-5-7-11-19(17)28-15-21(27)24-23-20(26)14-25-13-12-16-8-4-6-10-18(16)25/h4-13H,14-15H2,1-3H3,(H,23,26)(H,24,27). The quantitative estimate of drug-likeness (QED) is 0.669. The zero-order valence-electron chi connectivity index (χ0n) is 16.4. The fourth-order valence-corrected chi connectivity index (χ4v) is 3.00. The van der Waals surface area contributed by atoms with Gasteiger partial charge in [-0.05, 0) is 34.6 Å². The summed E-state index contributed by atoms with van der Waals surface area (Å²) in [5.74, 6) is -0.0745. The summed E-state index contributed by atoms with van der Waals surface area (Å²) in [6.07, 6.45) is 1.85. The van der Waals surface area contributed by atoms with Gasteiger partial charge in [-0.2, -0.15) is 0 Å². The maximum atomic E-state index is 12.1. The third-order valence-corrected chi connectivity index (χ3v) is 4.39. The first-order valence-corrected chi connectivity index (χ1v) is 9.18. The normalized spacial score (nSPS) is 11.2. The van der Waals surface area contributed by atoms with Gasteiger partial charge in [0.15, 0.2) is 6.61 Å². The van der Waals surface area contributed by atoms with Crippen LogP contribution in [0.25, 0.3) is 10.9 Å². The summed E-state index contributed by atoms with van der Waals surface area (Å²) in [6, 6.07) is 17.4. The molecule has 0 saturated heterocycles. The van der Waals surface area contributed by atoms with E-state index in [1.54, 1.807) is 0 Å². The predicted octanol–water partition coefficient (Wildman–Crippen LogP) is 3.17. The molecule has 2 N–H and O–H groups in total. The lowest BCUT2D eigenvalue weighted by Crippen LogP contribution is -2.45. The molecule has 0 fully saturated rings. The lowest BCUT2D eigenvalue weighted by Gasteiger charge is -2.22. The number of hydrogen-bond donors (Lipinski definition) is 2. The Morgan fingerprint density at radius 3 is 2.39 bits per heavy atom. The van der Waals surface area contributed by atoms with Crippen molar-refractivity contribution < 1.29 is 14.3 Å². The van der Waals surface area contributed by atoms with E-state index in [1.807, 2.05) is 65.4 Å². The van der Waals surface area contributed by atoms with Crippen LogP contribution in [0.15, 0.2) is 60.8 Å². The van der Waals surface area contributed by atoms with Crippen LogP contribution in [0, 0.1) is 0 Å². The summed E-state index contributed by atoms with van der Waals surface area (Å²) in [7, 11) is 0. The van der Waals surface area contributed by atoms with Crippen molar-refractivity contribution in [2.45, 2.75) is 32.7 Å². The van der Waals surface area contributed by atoms with E-state index in [9.17, 15) is 9.59 Å². The Bertz CT molecular complexity index is 986. The molecule has 0 aliphatic carbocycles. The minimum Gasteiger partial charge on any atom is -0.483 e. The zero-order valence-corrected chi connectivity index (χ0v) is 16.4. The molecule has 0 bridgehead atoms. The molecule has 1 aromatic heterocycles. The second-order valence-electron chi connectivity index (χ2n) is 7.63. The largest absolute Gasteiger partial charge is 0.483 e. The predicted molar refractivity (Wildman–Crippen MR) is 109 cm³/mol. The smallest absolute Gasteiger partial charge is 0.276 e. The van der Waals surface area contributed by atoms with Gasteiger partial charge in [-0.3, -0.25) is 20.4 Å². The van der Waals surface area contributed by atoms with Gasteiger partial charge in [0.2, 0.25) is 0 Å². The van der Waals surface area contributed by atoms with E-state index in [0.717, 1.165) is 16.5 Å². The van der Waals surface area contributed by atoms with Crippen molar-refractivity contribution in [3.05, 3.63) is 66.4 Å². The Morgan fingerprint density at radius 1 is 0.929 bits per heavy atom. The van der Waals surface area contributed by atoms with Gasteiger partial charge in [0.1, 0.15) is 12.3 Å². The van der Waals surface area contributed by atoms with Crippen molar-refractivity contribution in [1.29, 1.82) is 0 Å². The number of nitrogens with one attached hydrogen (secondary N) is 2. The highest BCUT2D eigenvalue weighted by atomic mass is 16.5. The number of rotatable bonds is 5. The first kappa shape index (κ1) is 19.5. The van der Waals surface area contributed by atoms with Crippen LogP contribution in [0.2, 0.25) is 0 Å². The lowest BCUT2D eigenvalue weighted by atomic mass is 9.86. The maximum absolute atomic E-state index is 12.1. The number of nitrogens with zero attached hydrogens (tertiary/aromatic N) is 1. The molecule has 0 radical (unpaired) electrons. The Morgan fingerprint density at radius 2 is 1.61 bits per heavy atom. The van der Waals surface area contributed by atoms with Crippen LogP contribution in [-0.4, -0.2) is 23.0 Å². The van der Waals surface area contributed by atoms with E-state index in [4.69, 9.17) is 4.74 Å². The molecule has 1 heterocycles. The molecule has 0 aliphatic heterocycles. The Labute approximate surface area is 164 Å². The van der Waals surface area contributed by atoms with E-state index in [0.29, 0.717) is 5.75 Å². The SMILES string of the molecule is CC(C)(C)c1ccccc1OCC(=O)NNC(=O)Cn1ccc2ccccc21. The van der Waals surface area contributed by atoms with Gasteiger partial charge in [0.05, 0.1) is 0 Å². The molecule has 0 unspecified atom stereocenters. The second-order valence-corrected chi connectivity index (χ2v) is 7.63. The van der Waals surface area contributed by atoms with E-state index < -0.39 is 5.91 Å². The molecule has 146 valence electrons. The molecular formula is C22H25N3O3. The number of benzene rings is 2. The highest BCUT2D eigenvalue weighted by Crippen LogP contribution is 2.30. The summed E-state index contributed by atoms with van der Waals surface area (Å²) in [5, 5.41) is 1.06. The van der Waals surface area contributed by atoms with Gasteiger partial charge in [-0.1, -0.05) is 57.2 Å². The van der Waals surface area contributed by atoms with Gasteiger partial charge >= 0.3 is 0 Å². The number of ether oxygens (including phenoxy) is 1. The third-order valence-electron chi connectivity index (χ3n) is 4.39. The summed E-state index contributed by atoms with van der Waals surface area (Å²) in [4.78, 5) is 24.2. The fourth-order valence-electron chi connectivity index (χ4n) is 3.00. The second kappa shape index (κ2) is 8.17. The number of amides is 2. The molecule has 2 aromatic carbocycles. The zero-order chi connectivity index (χ0) is 20.1. The minimum atomic E-state index is -0.422. The van der Waals surface area contributed by atoms with Crippen molar-refractivity contribution in [3.63, 3.8) is 0 Å². The van der Waals surface area contributed by atoms with Gasteiger partial charge in [-0.15, -0.1) is 0 Å². The number of para-hydroxylation sites is 2. The molecule has 0 saturated carbocycles. The monoisotopic (exact) mass is 379 g/mol. The highest BCUT2D eigenvalue weighted by molar-refractivity contribution is 5.85. The molecule has 2 amide bonds. The molecular weight excluding hydrogens is 354 g/mol. The van der Waals surface area contributed by atoms with Crippen LogP contribution in [0.4, 0.5) is 0 Å².